The summed E-state index contributed by atoms with van der Waals surface area (Å²) in [6.45, 7) is 0.0424. The van der Waals surface area contributed by atoms with E-state index in [2.05, 4.69) is 4.98 Å². The molecule has 0 fully saturated rings. The molecule has 2 heterocycles. The van der Waals surface area contributed by atoms with Crippen molar-refractivity contribution in [1.82, 2.24) is 9.88 Å². The van der Waals surface area contributed by atoms with Crippen LogP contribution in [0, 0.1) is 0 Å². The molecule has 0 bridgehead atoms. The highest BCUT2D eigenvalue weighted by molar-refractivity contribution is 6.20. The maximum Gasteiger partial charge on any atom is 0.280 e. The fourth-order valence-electron chi connectivity index (χ4n) is 2.07. The second kappa shape index (κ2) is 4.20. The van der Waals surface area contributed by atoms with Crippen LogP contribution in [0.4, 0.5) is 0 Å². The molecule has 0 saturated carbocycles. The third kappa shape index (κ3) is 1.76. The predicted molar refractivity (Wildman–Crippen MR) is 66.5 cm³/mol. The van der Waals surface area contributed by atoms with Crippen molar-refractivity contribution in [3.8, 4) is 5.75 Å². The molecule has 0 atom stereocenters. The Morgan fingerprint density at radius 3 is 2.58 bits per heavy atom. The average Bonchev–Trinajstić information content (AvgIpc) is 2.67. The summed E-state index contributed by atoms with van der Waals surface area (Å²) < 4.78 is 0. The molecule has 0 aliphatic carbocycles. The van der Waals surface area contributed by atoms with Gasteiger partial charge in [0.15, 0.2) is 0 Å². The first-order chi connectivity index (χ1) is 9.18. The minimum atomic E-state index is -0.427. The maximum atomic E-state index is 12.1. The van der Waals surface area contributed by atoms with E-state index < -0.39 is 5.91 Å². The van der Waals surface area contributed by atoms with Gasteiger partial charge in [-0.2, -0.15) is 0 Å². The first-order valence-corrected chi connectivity index (χ1v) is 5.76. The zero-order valence-electron chi connectivity index (χ0n) is 9.91. The van der Waals surface area contributed by atoms with Gasteiger partial charge in [0, 0.05) is 11.8 Å². The van der Waals surface area contributed by atoms with Crippen LogP contribution in [0.3, 0.4) is 0 Å². The highest BCUT2D eigenvalue weighted by Gasteiger charge is 2.36. The summed E-state index contributed by atoms with van der Waals surface area (Å²) >= 11 is 0. The third-order valence-electron chi connectivity index (χ3n) is 3.05. The number of pyridine rings is 1. The van der Waals surface area contributed by atoms with E-state index in [1.165, 1.54) is 12.3 Å². The Bertz CT molecular complexity index is 647. The number of aromatic hydroxyl groups is 1. The molecule has 1 aliphatic heterocycles. The second-order valence-corrected chi connectivity index (χ2v) is 4.22. The number of hydrogen-bond donors (Lipinski definition) is 1. The number of hydrogen-bond acceptors (Lipinski definition) is 4. The minimum absolute atomic E-state index is 0.0424. The van der Waals surface area contributed by atoms with E-state index in [1.54, 1.807) is 30.3 Å². The summed E-state index contributed by atoms with van der Waals surface area (Å²) in [7, 11) is 0. The second-order valence-electron chi connectivity index (χ2n) is 4.22. The van der Waals surface area contributed by atoms with Gasteiger partial charge in [0.1, 0.15) is 11.4 Å². The van der Waals surface area contributed by atoms with Crippen LogP contribution in [0.1, 0.15) is 26.4 Å². The lowest BCUT2D eigenvalue weighted by Gasteiger charge is -2.14. The van der Waals surface area contributed by atoms with Crippen molar-refractivity contribution >= 4 is 11.8 Å². The van der Waals surface area contributed by atoms with Crippen molar-refractivity contribution in [3.63, 3.8) is 0 Å². The van der Waals surface area contributed by atoms with Crippen molar-refractivity contribution in [2.45, 2.75) is 6.54 Å². The fourth-order valence-corrected chi connectivity index (χ4v) is 2.07. The average molecular weight is 254 g/mol. The van der Waals surface area contributed by atoms with Gasteiger partial charge in [-0.3, -0.25) is 19.5 Å². The number of rotatable bonds is 2. The maximum absolute atomic E-state index is 12.1. The largest absolute Gasteiger partial charge is 0.508 e. The molecule has 5 heteroatoms. The predicted octanol–water partition coefficient (Wildman–Crippen LogP) is 1.58. The Kier molecular flexibility index (Phi) is 2.52. The van der Waals surface area contributed by atoms with Crippen molar-refractivity contribution in [3.05, 3.63) is 59.4 Å². The zero-order valence-corrected chi connectivity index (χ0v) is 9.91. The Morgan fingerprint density at radius 1 is 1.05 bits per heavy atom. The van der Waals surface area contributed by atoms with Crippen LogP contribution in [-0.2, 0) is 6.54 Å². The summed E-state index contributed by atoms with van der Waals surface area (Å²) in [5.74, 6) is -0.743. The summed E-state index contributed by atoms with van der Waals surface area (Å²) in [6, 6.07) is 9.81. The molecule has 1 N–H and O–H groups in total. The van der Waals surface area contributed by atoms with Gasteiger partial charge >= 0.3 is 0 Å². The molecular weight excluding hydrogens is 244 g/mol. The van der Waals surface area contributed by atoms with Gasteiger partial charge in [0.25, 0.3) is 11.8 Å². The number of carbonyl (C=O) groups is 2. The normalized spacial score (nSPS) is 13.8. The number of fused-ring (bicyclic) bond motifs is 1. The molecule has 1 aromatic carbocycles. The van der Waals surface area contributed by atoms with Crippen molar-refractivity contribution < 1.29 is 14.7 Å². The van der Waals surface area contributed by atoms with E-state index in [9.17, 15) is 14.7 Å². The number of nitrogens with zero attached hydrogens (tertiary/aromatic N) is 2. The van der Waals surface area contributed by atoms with Crippen LogP contribution < -0.4 is 0 Å². The number of phenols is 1. The summed E-state index contributed by atoms with van der Waals surface area (Å²) in [6.07, 6.45) is 1.48. The summed E-state index contributed by atoms with van der Waals surface area (Å²) in [4.78, 5) is 29.2. The van der Waals surface area contributed by atoms with Gasteiger partial charge < -0.3 is 5.11 Å². The number of phenolic OH excluding ortho intramolecular Hbond substituents is 1. The Morgan fingerprint density at radius 2 is 1.84 bits per heavy atom. The van der Waals surface area contributed by atoms with E-state index in [4.69, 9.17) is 0 Å². The van der Waals surface area contributed by atoms with E-state index in [1.807, 2.05) is 0 Å². The molecule has 2 amide bonds. The van der Waals surface area contributed by atoms with E-state index in [-0.39, 0.29) is 23.9 Å². The SMILES string of the molecule is O=C1c2cccnc2C(=O)N1Cc1ccccc1O. The summed E-state index contributed by atoms with van der Waals surface area (Å²) in [5, 5.41) is 9.70. The molecule has 94 valence electrons. The molecule has 0 radical (unpaired) electrons. The van der Waals surface area contributed by atoms with E-state index >= 15 is 0 Å². The lowest BCUT2D eigenvalue weighted by atomic mass is 10.2. The highest BCUT2D eigenvalue weighted by atomic mass is 16.3. The van der Waals surface area contributed by atoms with Gasteiger partial charge in [-0.15, -0.1) is 0 Å². The monoisotopic (exact) mass is 254 g/mol. The molecule has 19 heavy (non-hydrogen) atoms. The third-order valence-corrected chi connectivity index (χ3v) is 3.05. The van der Waals surface area contributed by atoms with Crippen LogP contribution in [0.25, 0.3) is 0 Å². The lowest BCUT2D eigenvalue weighted by molar-refractivity contribution is 0.0639. The zero-order chi connectivity index (χ0) is 13.4. The molecule has 5 nitrogen and oxygen atoms in total. The van der Waals surface area contributed by atoms with Gasteiger partial charge in [0.05, 0.1) is 12.1 Å². The highest BCUT2D eigenvalue weighted by Crippen LogP contribution is 2.25. The number of para-hydroxylation sites is 1. The smallest absolute Gasteiger partial charge is 0.280 e. The first kappa shape index (κ1) is 11.4. The lowest BCUT2D eigenvalue weighted by Crippen LogP contribution is -2.29. The van der Waals surface area contributed by atoms with E-state index in [0.29, 0.717) is 11.1 Å². The standard InChI is InChI=1S/C14H10N2O3/c17-11-6-2-1-4-9(11)8-16-13(18)10-5-3-7-15-12(10)14(16)19/h1-7,17H,8H2. The molecule has 0 spiro atoms. The van der Waals surface area contributed by atoms with Crippen molar-refractivity contribution in [1.29, 1.82) is 0 Å². The van der Waals surface area contributed by atoms with Gasteiger partial charge in [-0.25, -0.2) is 0 Å². The number of amides is 2. The number of carbonyl (C=O) groups excluding carboxylic acids is 2. The minimum Gasteiger partial charge on any atom is -0.508 e. The first-order valence-electron chi connectivity index (χ1n) is 5.76. The van der Waals surface area contributed by atoms with Gasteiger partial charge in [-0.1, -0.05) is 18.2 Å². The number of aromatic nitrogens is 1. The molecule has 2 aromatic rings. The molecule has 1 aliphatic rings. The Balaban J connectivity index is 1.95. The van der Waals surface area contributed by atoms with E-state index in [0.717, 1.165) is 4.90 Å². The van der Waals surface area contributed by atoms with Crippen LogP contribution >= 0.6 is 0 Å². The van der Waals surface area contributed by atoms with Crippen LogP contribution in [-0.4, -0.2) is 26.8 Å². The van der Waals surface area contributed by atoms with Gasteiger partial charge in [-0.05, 0) is 18.2 Å². The van der Waals surface area contributed by atoms with Crippen molar-refractivity contribution in [2.75, 3.05) is 0 Å². The van der Waals surface area contributed by atoms with Crippen LogP contribution in [0.2, 0.25) is 0 Å². The fraction of sp³-hybridized carbons (Fsp3) is 0.0714. The molecule has 1 aromatic heterocycles. The molecule has 0 saturated heterocycles. The van der Waals surface area contributed by atoms with Crippen molar-refractivity contribution in [2.24, 2.45) is 0 Å². The molecule has 0 unspecified atom stereocenters. The van der Waals surface area contributed by atoms with Gasteiger partial charge in [0.2, 0.25) is 0 Å². The van der Waals surface area contributed by atoms with Crippen LogP contribution in [0.15, 0.2) is 42.6 Å². The number of benzene rings is 1. The molecular formula is C14H10N2O3. The Labute approximate surface area is 109 Å². The molecule has 3 rings (SSSR count). The number of imide groups is 1. The summed E-state index contributed by atoms with van der Waals surface area (Å²) in [5.41, 5.74) is 1.00. The topological polar surface area (TPSA) is 70.5 Å². The van der Waals surface area contributed by atoms with Crippen LogP contribution in [0.5, 0.6) is 5.75 Å². The quantitative estimate of drug-likeness (QED) is 0.826. The Hall–Kier alpha value is -2.69.